The van der Waals surface area contributed by atoms with Gasteiger partial charge < -0.3 is 50.0 Å². The molecule has 2 aliphatic rings. The molecule has 0 amide bonds. The van der Waals surface area contributed by atoms with E-state index in [0.717, 1.165) is 0 Å². The molecule has 2 fully saturated rings. The lowest BCUT2D eigenvalue weighted by Crippen LogP contribution is -2.65. The van der Waals surface area contributed by atoms with Crippen LogP contribution in [-0.4, -0.2) is 122 Å². The van der Waals surface area contributed by atoms with Crippen LogP contribution in [0.2, 0.25) is 0 Å². The van der Waals surface area contributed by atoms with Crippen molar-refractivity contribution in [3.05, 3.63) is 10.1 Å². The van der Waals surface area contributed by atoms with E-state index in [0.29, 0.717) is 0 Å². The highest BCUT2D eigenvalue weighted by atomic mass is 16.7. The predicted molar refractivity (Wildman–Crippen MR) is 78.3 cm³/mol. The highest BCUT2D eigenvalue weighted by Crippen LogP contribution is 2.29. The van der Waals surface area contributed by atoms with Crippen molar-refractivity contribution in [3.8, 4) is 0 Å². The summed E-state index contributed by atoms with van der Waals surface area (Å²) in [5.41, 5.74) is 0. The van der Waals surface area contributed by atoms with Crippen LogP contribution in [0, 0.1) is 10.1 Å². The van der Waals surface area contributed by atoms with Crippen molar-refractivity contribution in [1.82, 2.24) is 0 Å². The molecule has 2 aliphatic heterocycles. The van der Waals surface area contributed by atoms with E-state index in [9.17, 15) is 40.8 Å². The van der Waals surface area contributed by atoms with Gasteiger partial charge in [0, 0.05) is 4.92 Å². The summed E-state index contributed by atoms with van der Waals surface area (Å²) in [6.07, 6.45) is -15.7. The fourth-order valence-electron chi connectivity index (χ4n) is 2.96. The molecule has 2 saturated heterocycles. The smallest absolute Gasteiger partial charge is 0.232 e. The van der Waals surface area contributed by atoms with Crippen molar-refractivity contribution in [2.45, 2.75) is 61.2 Å². The lowest BCUT2D eigenvalue weighted by Gasteiger charge is -2.45. The van der Waals surface area contributed by atoms with Crippen molar-refractivity contribution in [1.29, 1.82) is 0 Å². The van der Waals surface area contributed by atoms with Crippen LogP contribution in [0.4, 0.5) is 0 Å². The molecule has 10 atom stereocenters. The number of nitro groups is 1. The average Bonchev–Trinajstić information content (AvgIpc) is 2.60. The van der Waals surface area contributed by atoms with Crippen LogP contribution in [0.5, 0.6) is 0 Å². The third-order valence-corrected chi connectivity index (χ3v) is 4.43. The van der Waals surface area contributed by atoms with Gasteiger partial charge in [-0.15, -0.1) is 0 Å². The molecule has 152 valence electrons. The maximum absolute atomic E-state index is 10.6. The van der Waals surface area contributed by atoms with Crippen molar-refractivity contribution in [2.75, 3.05) is 19.8 Å². The fraction of sp³-hybridized carbons (Fsp3) is 1.00. The van der Waals surface area contributed by atoms with Gasteiger partial charge in [0.2, 0.25) is 6.54 Å². The molecule has 0 saturated carbocycles. The summed E-state index contributed by atoms with van der Waals surface area (Å²) < 4.78 is 15.6. The van der Waals surface area contributed by atoms with Crippen LogP contribution >= 0.6 is 0 Å². The zero-order valence-electron chi connectivity index (χ0n) is 13.5. The number of aliphatic hydroxyl groups excluding tert-OH is 7. The van der Waals surface area contributed by atoms with Gasteiger partial charge in [-0.1, -0.05) is 0 Å². The standard InChI is InChI=1S/C13H23NO12/c15-2-5-8(18)9(19)11(21)13(25-5)26-12-6(3-16)24-4(1-14(22)23)7(17)10(12)20/h4-13,15-21H,1-3H2/t4-,5+,6+,7-,8-,9-,10+,11+,12+,13-/m0/s1. The summed E-state index contributed by atoms with van der Waals surface area (Å²) in [4.78, 5) is 9.85. The molecule has 0 aliphatic carbocycles. The van der Waals surface area contributed by atoms with Gasteiger partial charge in [-0.2, -0.15) is 0 Å². The van der Waals surface area contributed by atoms with Crippen LogP contribution in [-0.2, 0) is 14.2 Å². The second-order valence-corrected chi connectivity index (χ2v) is 6.19. The van der Waals surface area contributed by atoms with Crippen LogP contribution < -0.4 is 0 Å². The highest BCUT2D eigenvalue weighted by Gasteiger charge is 2.51. The minimum atomic E-state index is -1.77. The van der Waals surface area contributed by atoms with Gasteiger partial charge >= 0.3 is 0 Å². The lowest BCUT2D eigenvalue weighted by atomic mass is 9.94. The summed E-state index contributed by atoms with van der Waals surface area (Å²) >= 11 is 0. The molecule has 0 aromatic heterocycles. The van der Waals surface area contributed by atoms with Gasteiger partial charge in [0.25, 0.3) is 0 Å². The number of nitrogens with zero attached hydrogens (tertiary/aromatic N) is 1. The Bertz CT molecular complexity index is 476. The third kappa shape index (κ3) is 4.28. The first-order valence-corrected chi connectivity index (χ1v) is 7.91. The molecule has 2 rings (SSSR count). The SMILES string of the molecule is O=[N+]([O-])C[C@@H]1O[C@H](CO)[C@@H](O[C@@H]2O[C@H](CO)[C@H](O)[C@H](O)[C@H]2O)[C@H](O)[C@H]1O. The fourth-order valence-corrected chi connectivity index (χ4v) is 2.96. The van der Waals surface area contributed by atoms with E-state index in [1.165, 1.54) is 0 Å². The molecule has 7 N–H and O–H groups in total. The van der Waals surface area contributed by atoms with Crippen LogP contribution in [0.3, 0.4) is 0 Å². The average molecular weight is 385 g/mol. The maximum atomic E-state index is 10.6. The highest BCUT2D eigenvalue weighted by molar-refractivity contribution is 4.95. The summed E-state index contributed by atoms with van der Waals surface area (Å²) in [7, 11) is 0. The summed E-state index contributed by atoms with van der Waals surface area (Å²) in [6.45, 7) is -2.26. The Labute approximate surface area is 147 Å². The Morgan fingerprint density at radius 1 is 0.808 bits per heavy atom. The van der Waals surface area contributed by atoms with Crippen molar-refractivity contribution in [2.24, 2.45) is 0 Å². The Morgan fingerprint density at radius 2 is 1.38 bits per heavy atom. The molecular weight excluding hydrogens is 362 g/mol. The molecular formula is C13H23NO12. The summed E-state index contributed by atoms with van der Waals surface area (Å²) in [6, 6.07) is 0. The number of hydrogen-bond acceptors (Lipinski definition) is 12. The van der Waals surface area contributed by atoms with E-state index < -0.39 is 85.9 Å². The van der Waals surface area contributed by atoms with Crippen molar-refractivity contribution < 1.29 is 54.9 Å². The van der Waals surface area contributed by atoms with E-state index in [2.05, 4.69) is 0 Å². The number of ether oxygens (including phenoxy) is 3. The quantitative estimate of drug-likeness (QED) is 0.169. The molecule has 26 heavy (non-hydrogen) atoms. The van der Waals surface area contributed by atoms with Crippen LogP contribution in [0.25, 0.3) is 0 Å². The normalized spacial score (nSPS) is 46.9. The summed E-state index contributed by atoms with van der Waals surface area (Å²) in [5, 5.41) is 78.8. The number of hydrogen-bond donors (Lipinski definition) is 7. The zero-order chi connectivity index (χ0) is 19.6. The van der Waals surface area contributed by atoms with E-state index in [4.69, 9.17) is 19.3 Å². The minimum absolute atomic E-state index is 0.703. The van der Waals surface area contributed by atoms with Crippen LogP contribution in [0.15, 0.2) is 0 Å². The predicted octanol–water partition coefficient (Wildman–Crippen LogP) is -5.07. The Kier molecular flexibility index (Phi) is 7.20. The third-order valence-electron chi connectivity index (χ3n) is 4.43. The second-order valence-electron chi connectivity index (χ2n) is 6.19. The Balaban J connectivity index is 2.12. The van der Waals surface area contributed by atoms with Gasteiger partial charge in [0.1, 0.15) is 48.8 Å². The van der Waals surface area contributed by atoms with Gasteiger partial charge in [0.05, 0.1) is 13.2 Å². The molecule has 0 bridgehead atoms. The van der Waals surface area contributed by atoms with E-state index in [1.54, 1.807) is 0 Å². The molecule has 0 unspecified atom stereocenters. The molecule has 13 heteroatoms. The van der Waals surface area contributed by atoms with Crippen molar-refractivity contribution in [3.63, 3.8) is 0 Å². The van der Waals surface area contributed by atoms with E-state index in [-0.39, 0.29) is 0 Å². The Morgan fingerprint density at radius 3 is 1.92 bits per heavy atom. The first-order chi connectivity index (χ1) is 12.2. The second kappa shape index (κ2) is 8.79. The minimum Gasteiger partial charge on any atom is -0.394 e. The van der Waals surface area contributed by atoms with Crippen LogP contribution in [0.1, 0.15) is 0 Å². The largest absolute Gasteiger partial charge is 0.394 e. The monoisotopic (exact) mass is 385 g/mol. The van der Waals surface area contributed by atoms with Gasteiger partial charge in [-0.25, -0.2) is 0 Å². The lowest BCUT2D eigenvalue weighted by molar-refractivity contribution is -0.499. The summed E-state index contributed by atoms with van der Waals surface area (Å²) in [5.74, 6) is 0. The molecule has 13 nitrogen and oxygen atoms in total. The zero-order valence-corrected chi connectivity index (χ0v) is 13.5. The topological polar surface area (TPSA) is 212 Å². The molecule has 0 aromatic carbocycles. The maximum Gasteiger partial charge on any atom is 0.232 e. The Hall–Kier alpha value is -1.00. The number of rotatable bonds is 6. The van der Waals surface area contributed by atoms with E-state index in [1.807, 2.05) is 0 Å². The van der Waals surface area contributed by atoms with Crippen molar-refractivity contribution >= 4 is 0 Å². The molecule has 2 heterocycles. The molecule has 0 radical (unpaired) electrons. The number of aliphatic hydroxyl groups is 7. The molecule has 0 aromatic rings. The van der Waals surface area contributed by atoms with Gasteiger partial charge in [0.15, 0.2) is 12.4 Å². The first kappa shape index (κ1) is 21.3. The van der Waals surface area contributed by atoms with Gasteiger partial charge in [-0.05, 0) is 0 Å². The van der Waals surface area contributed by atoms with E-state index >= 15 is 0 Å². The first-order valence-electron chi connectivity index (χ1n) is 7.91. The van der Waals surface area contributed by atoms with Gasteiger partial charge in [-0.3, -0.25) is 10.1 Å². The molecule has 0 spiro atoms.